The van der Waals surface area contributed by atoms with E-state index in [-0.39, 0.29) is 6.42 Å². The molecule has 0 saturated heterocycles. The largest absolute Gasteiger partial charge is 0.387 e. The standard InChI is InChI=1S/C30H60O7/c31-27-25-23-21-19-17-15-13-11-9-7-5-3-1-2-4-6-8-10-12-14-16-18-20-22-24-26-28(32,33)30(36,37)29(27,34)35/h27,31-37H,1-26H2. The molecule has 1 saturated carbocycles. The molecule has 0 aromatic heterocycles. The van der Waals surface area contributed by atoms with Crippen molar-refractivity contribution in [1.82, 2.24) is 0 Å². The quantitative estimate of drug-likeness (QED) is 0.203. The first-order valence-electron chi connectivity index (χ1n) is 15.7. The van der Waals surface area contributed by atoms with Gasteiger partial charge >= 0.3 is 0 Å². The minimum absolute atomic E-state index is 0.0774. The smallest absolute Gasteiger partial charge is 0.276 e. The Balaban J connectivity index is 2.48. The van der Waals surface area contributed by atoms with Crippen LogP contribution in [0.25, 0.3) is 0 Å². The summed E-state index contributed by atoms with van der Waals surface area (Å²) in [6.07, 6.45) is 24.5. The molecule has 1 unspecified atom stereocenters. The Hall–Kier alpha value is -0.280. The van der Waals surface area contributed by atoms with Gasteiger partial charge in [0.15, 0.2) is 0 Å². The van der Waals surface area contributed by atoms with Gasteiger partial charge in [-0.1, -0.05) is 148 Å². The molecule has 37 heavy (non-hydrogen) atoms. The van der Waals surface area contributed by atoms with Gasteiger partial charge in [0.05, 0.1) is 0 Å². The van der Waals surface area contributed by atoms with Crippen molar-refractivity contribution in [1.29, 1.82) is 0 Å². The predicted octanol–water partition coefficient (Wildman–Crippen LogP) is 5.55. The molecule has 7 N–H and O–H groups in total. The highest BCUT2D eigenvalue weighted by molar-refractivity contribution is 4.97. The molecule has 7 heteroatoms. The zero-order chi connectivity index (χ0) is 27.5. The number of aliphatic hydroxyl groups excluding tert-OH is 1. The Morgan fingerprint density at radius 1 is 0.351 bits per heavy atom. The second-order valence-electron chi connectivity index (χ2n) is 11.8. The Bertz CT molecular complexity index is 536. The van der Waals surface area contributed by atoms with Gasteiger partial charge in [-0.15, -0.1) is 0 Å². The van der Waals surface area contributed by atoms with E-state index < -0.39 is 29.9 Å². The van der Waals surface area contributed by atoms with Gasteiger partial charge in [0.1, 0.15) is 6.10 Å². The van der Waals surface area contributed by atoms with Gasteiger partial charge in [0, 0.05) is 6.42 Å². The maximum atomic E-state index is 10.3. The van der Waals surface area contributed by atoms with Gasteiger partial charge in [-0.05, 0) is 12.8 Å². The fraction of sp³-hybridized carbons (Fsp3) is 1.00. The van der Waals surface area contributed by atoms with Crippen molar-refractivity contribution in [2.45, 2.75) is 190 Å². The van der Waals surface area contributed by atoms with E-state index >= 15 is 0 Å². The van der Waals surface area contributed by atoms with Crippen LogP contribution in [0.3, 0.4) is 0 Å². The third kappa shape index (κ3) is 14.1. The molecule has 7 nitrogen and oxygen atoms in total. The minimum atomic E-state index is -3.68. The van der Waals surface area contributed by atoms with E-state index in [9.17, 15) is 35.7 Å². The second-order valence-corrected chi connectivity index (χ2v) is 11.8. The first-order chi connectivity index (χ1) is 17.6. The Morgan fingerprint density at radius 3 is 0.892 bits per heavy atom. The van der Waals surface area contributed by atoms with Crippen LogP contribution in [0.2, 0.25) is 0 Å². The van der Waals surface area contributed by atoms with Gasteiger partial charge in [0.25, 0.3) is 11.6 Å². The van der Waals surface area contributed by atoms with Crippen LogP contribution in [-0.4, -0.2) is 59.2 Å². The molecule has 0 aliphatic heterocycles. The third-order valence-corrected chi connectivity index (χ3v) is 8.29. The van der Waals surface area contributed by atoms with Crippen LogP contribution >= 0.6 is 0 Å². The lowest BCUT2D eigenvalue weighted by Gasteiger charge is -2.44. The monoisotopic (exact) mass is 532 g/mol. The van der Waals surface area contributed by atoms with Crippen LogP contribution < -0.4 is 0 Å². The summed E-state index contributed by atoms with van der Waals surface area (Å²) in [6, 6.07) is 0. The molecule has 0 aromatic rings. The molecule has 1 rings (SSSR count). The summed E-state index contributed by atoms with van der Waals surface area (Å²) in [7, 11) is 0. The molecule has 0 radical (unpaired) electrons. The molecule has 0 aromatic carbocycles. The van der Waals surface area contributed by atoms with E-state index in [1.807, 2.05) is 0 Å². The fourth-order valence-electron chi connectivity index (χ4n) is 5.50. The van der Waals surface area contributed by atoms with Crippen molar-refractivity contribution in [2.75, 3.05) is 0 Å². The van der Waals surface area contributed by atoms with Crippen LogP contribution in [-0.2, 0) is 0 Å². The summed E-state index contributed by atoms with van der Waals surface area (Å²) in [5.41, 5.74) is 0. The van der Waals surface area contributed by atoms with Gasteiger partial charge in [0.2, 0.25) is 5.79 Å². The van der Waals surface area contributed by atoms with Crippen molar-refractivity contribution in [3.05, 3.63) is 0 Å². The average molecular weight is 533 g/mol. The lowest BCUT2D eigenvalue weighted by atomic mass is 9.86. The van der Waals surface area contributed by atoms with Crippen LogP contribution in [0.15, 0.2) is 0 Å². The Kier molecular flexibility index (Phi) is 18.5. The second kappa shape index (κ2) is 19.7. The number of hydrogen-bond donors (Lipinski definition) is 7. The van der Waals surface area contributed by atoms with Crippen molar-refractivity contribution >= 4 is 0 Å². The van der Waals surface area contributed by atoms with Crippen molar-refractivity contribution in [2.24, 2.45) is 0 Å². The molecule has 0 spiro atoms. The van der Waals surface area contributed by atoms with E-state index in [0.717, 1.165) is 38.5 Å². The highest BCUT2D eigenvalue weighted by Gasteiger charge is 2.63. The summed E-state index contributed by atoms with van der Waals surface area (Å²) in [6.45, 7) is 0. The highest BCUT2D eigenvalue weighted by Crippen LogP contribution is 2.35. The summed E-state index contributed by atoms with van der Waals surface area (Å²) >= 11 is 0. The molecule has 0 heterocycles. The topological polar surface area (TPSA) is 142 Å². The zero-order valence-corrected chi connectivity index (χ0v) is 23.6. The molecule has 0 bridgehead atoms. The number of aliphatic hydroxyl groups is 7. The fourth-order valence-corrected chi connectivity index (χ4v) is 5.50. The van der Waals surface area contributed by atoms with Gasteiger partial charge in [-0.25, -0.2) is 0 Å². The van der Waals surface area contributed by atoms with E-state index in [4.69, 9.17) is 0 Å². The minimum Gasteiger partial charge on any atom is -0.387 e. The first kappa shape index (κ1) is 34.7. The predicted molar refractivity (Wildman–Crippen MR) is 148 cm³/mol. The molecule has 222 valence electrons. The van der Waals surface area contributed by atoms with Crippen molar-refractivity contribution in [3.63, 3.8) is 0 Å². The summed E-state index contributed by atoms with van der Waals surface area (Å²) in [4.78, 5) is 0. The summed E-state index contributed by atoms with van der Waals surface area (Å²) in [5.74, 6) is -10.3. The Morgan fingerprint density at radius 2 is 0.595 bits per heavy atom. The maximum Gasteiger partial charge on any atom is 0.276 e. The first-order valence-corrected chi connectivity index (χ1v) is 15.7. The molecule has 0 amide bonds. The molecular formula is C30H60O7. The lowest BCUT2D eigenvalue weighted by Crippen LogP contribution is -2.72. The molecule has 1 aliphatic carbocycles. The lowest BCUT2D eigenvalue weighted by molar-refractivity contribution is -0.467. The average Bonchev–Trinajstić information content (AvgIpc) is 2.85. The van der Waals surface area contributed by atoms with E-state index in [0.29, 0.717) is 19.3 Å². The zero-order valence-electron chi connectivity index (χ0n) is 23.6. The third-order valence-electron chi connectivity index (χ3n) is 8.29. The van der Waals surface area contributed by atoms with E-state index in [1.165, 1.54) is 96.3 Å². The highest BCUT2D eigenvalue weighted by atomic mass is 16.7. The van der Waals surface area contributed by atoms with E-state index in [1.54, 1.807) is 0 Å². The SMILES string of the molecule is OC1CCCCCCCCCCCCCCCCCCCCCCCCCCC(O)(O)C(O)(O)C1(O)O. The molecular weight excluding hydrogens is 472 g/mol. The molecule has 1 fully saturated rings. The molecule has 1 aliphatic rings. The normalized spacial score (nSPS) is 28.1. The van der Waals surface area contributed by atoms with Gasteiger partial charge in [-0.2, -0.15) is 0 Å². The Labute approximate surface area is 226 Å². The van der Waals surface area contributed by atoms with Crippen LogP contribution in [0.5, 0.6) is 0 Å². The number of hydrogen-bond acceptors (Lipinski definition) is 7. The summed E-state index contributed by atoms with van der Waals surface area (Å²) in [5, 5.41) is 71.9. The van der Waals surface area contributed by atoms with Gasteiger partial charge < -0.3 is 35.7 Å². The van der Waals surface area contributed by atoms with Crippen LogP contribution in [0.1, 0.15) is 167 Å². The van der Waals surface area contributed by atoms with Crippen LogP contribution in [0.4, 0.5) is 0 Å². The van der Waals surface area contributed by atoms with E-state index in [2.05, 4.69) is 0 Å². The van der Waals surface area contributed by atoms with Crippen molar-refractivity contribution in [3.8, 4) is 0 Å². The maximum absolute atomic E-state index is 10.3. The van der Waals surface area contributed by atoms with Crippen molar-refractivity contribution < 1.29 is 35.7 Å². The number of rotatable bonds is 0. The summed E-state index contributed by atoms with van der Waals surface area (Å²) < 4.78 is 0. The van der Waals surface area contributed by atoms with Gasteiger partial charge in [-0.3, -0.25) is 0 Å². The van der Waals surface area contributed by atoms with Crippen LogP contribution in [0, 0.1) is 0 Å². The molecule has 1 atom stereocenters.